The van der Waals surface area contributed by atoms with Crippen molar-refractivity contribution in [1.82, 2.24) is 9.29 Å². The van der Waals surface area contributed by atoms with Crippen molar-refractivity contribution in [2.24, 2.45) is 0 Å². The van der Waals surface area contributed by atoms with Crippen LogP contribution in [0.3, 0.4) is 0 Å². The SMILES string of the molecule is C=CCCN(CC=C)S(=O)(=O)c1ccc(C(=O)Nc2nc(-c3cc(OC)ccc3OC)cs2)cc1. The molecular formula is C25H27N3O5S2. The number of rotatable bonds is 12. The van der Waals surface area contributed by atoms with Crippen molar-refractivity contribution >= 4 is 32.4 Å². The summed E-state index contributed by atoms with van der Waals surface area (Å²) in [4.78, 5) is 17.3. The molecule has 8 nitrogen and oxygen atoms in total. The molecule has 3 aromatic rings. The van der Waals surface area contributed by atoms with Crippen molar-refractivity contribution in [2.75, 3.05) is 32.6 Å². The topological polar surface area (TPSA) is 97.8 Å². The predicted octanol–water partition coefficient (Wildman–Crippen LogP) is 4.83. The molecule has 1 aromatic heterocycles. The Morgan fingerprint density at radius 2 is 1.86 bits per heavy atom. The molecule has 0 aliphatic carbocycles. The summed E-state index contributed by atoms with van der Waals surface area (Å²) < 4.78 is 37.9. The van der Waals surface area contributed by atoms with Gasteiger partial charge in [0.15, 0.2) is 5.13 Å². The molecule has 0 atom stereocenters. The molecule has 0 saturated heterocycles. The van der Waals surface area contributed by atoms with E-state index in [1.165, 1.54) is 46.0 Å². The Morgan fingerprint density at radius 3 is 2.49 bits per heavy atom. The van der Waals surface area contributed by atoms with E-state index in [-0.39, 0.29) is 11.4 Å². The molecule has 0 aliphatic rings. The second kappa shape index (κ2) is 11.8. The molecule has 0 unspecified atom stereocenters. The van der Waals surface area contributed by atoms with Crippen LogP contribution < -0.4 is 14.8 Å². The standard InChI is InChI=1S/C25H27N3O5S2/c1-5-7-15-28(14-6-2)35(30,31)20-11-8-18(9-12-20)24(29)27-25-26-22(17-34-25)21-16-19(32-3)10-13-23(21)33-4/h5-6,8-13,16-17H,1-2,7,14-15H2,3-4H3,(H,26,27,29). The van der Waals surface area contributed by atoms with Gasteiger partial charge in [0.25, 0.3) is 5.91 Å². The van der Waals surface area contributed by atoms with Gasteiger partial charge in [-0.05, 0) is 48.9 Å². The van der Waals surface area contributed by atoms with Gasteiger partial charge in [0.1, 0.15) is 11.5 Å². The van der Waals surface area contributed by atoms with Crippen LogP contribution >= 0.6 is 11.3 Å². The van der Waals surface area contributed by atoms with Crippen molar-refractivity contribution < 1.29 is 22.7 Å². The van der Waals surface area contributed by atoms with E-state index < -0.39 is 15.9 Å². The summed E-state index contributed by atoms with van der Waals surface area (Å²) in [6.45, 7) is 7.75. The summed E-state index contributed by atoms with van der Waals surface area (Å²) in [7, 11) is -0.580. The van der Waals surface area contributed by atoms with Crippen molar-refractivity contribution in [2.45, 2.75) is 11.3 Å². The van der Waals surface area contributed by atoms with E-state index >= 15 is 0 Å². The van der Waals surface area contributed by atoms with E-state index in [0.717, 1.165) is 5.56 Å². The first-order valence-corrected chi connectivity index (χ1v) is 13.0. The first-order valence-electron chi connectivity index (χ1n) is 10.6. The Labute approximate surface area is 209 Å². The number of thiazole rings is 1. The molecule has 10 heteroatoms. The monoisotopic (exact) mass is 513 g/mol. The summed E-state index contributed by atoms with van der Waals surface area (Å²) in [5, 5.41) is 4.96. The largest absolute Gasteiger partial charge is 0.497 e. The molecular weight excluding hydrogens is 486 g/mol. The maximum Gasteiger partial charge on any atom is 0.257 e. The van der Waals surface area contributed by atoms with Crippen LogP contribution in [0, 0.1) is 0 Å². The van der Waals surface area contributed by atoms with Crippen molar-refractivity contribution in [1.29, 1.82) is 0 Å². The summed E-state index contributed by atoms with van der Waals surface area (Å²) in [5.41, 5.74) is 1.67. The number of aromatic nitrogens is 1. The van der Waals surface area contributed by atoms with Crippen LogP contribution in [0.5, 0.6) is 11.5 Å². The number of hydrogen-bond acceptors (Lipinski definition) is 7. The van der Waals surface area contributed by atoms with E-state index in [0.29, 0.717) is 40.9 Å². The van der Waals surface area contributed by atoms with Crippen molar-refractivity contribution in [3.8, 4) is 22.8 Å². The number of benzene rings is 2. The Bertz CT molecular complexity index is 1300. The molecule has 0 aliphatic heterocycles. The Kier molecular flexibility index (Phi) is 8.80. The highest BCUT2D eigenvalue weighted by molar-refractivity contribution is 7.89. The maximum absolute atomic E-state index is 13.0. The minimum absolute atomic E-state index is 0.0987. The highest BCUT2D eigenvalue weighted by atomic mass is 32.2. The normalized spacial score (nSPS) is 11.2. The number of methoxy groups -OCH3 is 2. The van der Waals surface area contributed by atoms with Gasteiger partial charge in [0.2, 0.25) is 10.0 Å². The van der Waals surface area contributed by atoms with Crippen LogP contribution in [0.4, 0.5) is 5.13 Å². The quantitative estimate of drug-likeness (QED) is 0.348. The molecule has 35 heavy (non-hydrogen) atoms. The molecule has 0 fully saturated rings. The number of ether oxygens (including phenoxy) is 2. The summed E-state index contributed by atoms with van der Waals surface area (Å²) in [5.74, 6) is 0.886. The highest BCUT2D eigenvalue weighted by Crippen LogP contribution is 2.35. The molecule has 3 rings (SSSR count). The number of anilines is 1. The van der Waals surface area contributed by atoms with Gasteiger partial charge in [0, 0.05) is 29.6 Å². The lowest BCUT2D eigenvalue weighted by atomic mass is 10.1. The molecule has 0 spiro atoms. The van der Waals surface area contributed by atoms with Gasteiger partial charge in [-0.25, -0.2) is 13.4 Å². The molecule has 0 radical (unpaired) electrons. The molecule has 2 aromatic carbocycles. The molecule has 184 valence electrons. The number of nitrogens with zero attached hydrogens (tertiary/aromatic N) is 2. The number of carbonyl (C=O) groups excluding carboxylic acids is 1. The number of nitrogens with one attached hydrogen (secondary N) is 1. The lowest BCUT2D eigenvalue weighted by Gasteiger charge is -2.20. The van der Waals surface area contributed by atoms with Crippen molar-refractivity contribution in [3.05, 3.63) is 78.7 Å². The zero-order chi connectivity index (χ0) is 25.4. The smallest absolute Gasteiger partial charge is 0.257 e. The van der Waals surface area contributed by atoms with Crippen LogP contribution in [0.15, 0.2) is 78.1 Å². The summed E-state index contributed by atoms with van der Waals surface area (Å²) in [6, 6.07) is 11.2. The fourth-order valence-electron chi connectivity index (χ4n) is 3.25. The third-order valence-electron chi connectivity index (χ3n) is 5.08. The fourth-order valence-corrected chi connectivity index (χ4v) is 5.39. The third-order valence-corrected chi connectivity index (χ3v) is 7.71. The zero-order valence-corrected chi connectivity index (χ0v) is 21.2. The van der Waals surface area contributed by atoms with Crippen molar-refractivity contribution in [3.63, 3.8) is 0 Å². The van der Waals surface area contributed by atoms with E-state index in [1.54, 1.807) is 37.8 Å². The van der Waals surface area contributed by atoms with Gasteiger partial charge >= 0.3 is 0 Å². The van der Waals surface area contributed by atoms with Gasteiger partial charge in [-0.15, -0.1) is 24.5 Å². The lowest BCUT2D eigenvalue weighted by Crippen LogP contribution is -2.32. The van der Waals surface area contributed by atoms with E-state index in [2.05, 4.69) is 23.5 Å². The number of hydrogen-bond donors (Lipinski definition) is 1. The minimum Gasteiger partial charge on any atom is -0.497 e. The Hall–Kier alpha value is -3.47. The number of sulfonamides is 1. The third kappa shape index (κ3) is 6.16. The van der Waals surface area contributed by atoms with Gasteiger partial charge < -0.3 is 9.47 Å². The lowest BCUT2D eigenvalue weighted by molar-refractivity contribution is 0.102. The zero-order valence-electron chi connectivity index (χ0n) is 19.6. The second-order valence-corrected chi connectivity index (χ2v) is 10.1. The first kappa shape index (κ1) is 26.1. The molecule has 1 N–H and O–H groups in total. The van der Waals surface area contributed by atoms with Gasteiger partial charge in [-0.3, -0.25) is 10.1 Å². The van der Waals surface area contributed by atoms with Gasteiger partial charge in [0.05, 0.1) is 24.8 Å². The van der Waals surface area contributed by atoms with Gasteiger partial charge in [-0.2, -0.15) is 4.31 Å². The first-order chi connectivity index (χ1) is 16.8. The number of carbonyl (C=O) groups is 1. The van der Waals surface area contributed by atoms with E-state index in [9.17, 15) is 13.2 Å². The highest BCUT2D eigenvalue weighted by Gasteiger charge is 2.23. The summed E-state index contributed by atoms with van der Waals surface area (Å²) >= 11 is 1.26. The average Bonchev–Trinajstić information content (AvgIpc) is 3.34. The summed E-state index contributed by atoms with van der Waals surface area (Å²) in [6.07, 6.45) is 3.71. The maximum atomic E-state index is 13.0. The molecule has 1 amide bonds. The van der Waals surface area contributed by atoms with Gasteiger partial charge in [-0.1, -0.05) is 12.2 Å². The number of amides is 1. The van der Waals surface area contributed by atoms with E-state index in [1.807, 2.05) is 6.07 Å². The average molecular weight is 514 g/mol. The van der Waals surface area contributed by atoms with Crippen LogP contribution in [-0.4, -0.2) is 50.9 Å². The van der Waals surface area contributed by atoms with E-state index in [4.69, 9.17) is 9.47 Å². The van der Waals surface area contributed by atoms with Crippen LogP contribution in [0.2, 0.25) is 0 Å². The predicted molar refractivity (Wildman–Crippen MR) is 139 cm³/mol. The second-order valence-electron chi connectivity index (χ2n) is 7.31. The van der Waals surface area contributed by atoms with Crippen LogP contribution in [0.1, 0.15) is 16.8 Å². The Morgan fingerprint density at radius 1 is 1.11 bits per heavy atom. The molecule has 0 bridgehead atoms. The molecule has 1 heterocycles. The van der Waals surface area contributed by atoms with Crippen LogP contribution in [0.25, 0.3) is 11.3 Å². The van der Waals surface area contributed by atoms with Crippen LogP contribution in [-0.2, 0) is 10.0 Å². The molecule has 0 saturated carbocycles. The minimum atomic E-state index is -3.73. The fraction of sp³-hybridized carbons (Fsp3) is 0.200. The Balaban J connectivity index is 1.76.